The molecule has 2 heterocycles. The summed E-state index contributed by atoms with van der Waals surface area (Å²) >= 11 is 0. The Kier molecular flexibility index (Phi) is 4.33. The summed E-state index contributed by atoms with van der Waals surface area (Å²) in [5, 5.41) is 11.3. The smallest absolute Gasteiger partial charge is 0.266 e. The van der Waals surface area contributed by atoms with Crippen molar-refractivity contribution >= 4 is 28.3 Å². The zero-order valence-electron chi connectivity index (χ0n) is 16.1. The summed E-state index contributed by atoms with van der Waals surface area (Å²) in [4.78, 5) is 16.9. The topological polar surface area (TPSA) is 81.4 Å². The highest BCUT2D eigenvalue weighted by atomic mass is 16.5. The number of rotatable bonds is 4. The van der Waals surface area contributed by atoms with Crippen molar-refractivity contribution in [2.45, 2.75) is 6.92 Å². The van der Waals surface area contributed by atoms with E-state index in [0.29, 0.717) is 28.5 Å². The van der Waals surface area contributed by atoms with Crippen LogP contribution in [0, 0.1) is 6.92 Å². The predicted molar refractivity (Wildman–Crippen MR) is 114 cm³/mol. The molecule has 7 heteroatoms. The quantitative estimate of drug-likeness (QED) is 0.480. The third-order valence-electron chi connectivity index (χ3n) is 4.72. The van der Waals surface area contributed by atoms with Crippen LogP contribution in [0.2, 0.25) is 0 Å². The van der Waals surface area contributed by atoms with Gasteiger partial charge in [0.05, 0.1) is 11.0 Å². The van der Waals surface area contributed by atoms with E-state index in [0.717, 1.165) is 16.9 Å². The molecule has 0 unspecified atom stereocenters. The minimum Gasteiger partial charge on any atom is -0.436 e. The van der Waals surface area contributed by atoms with Crippen molar-refractivity contribution in [1.29, 1.82) is 0 Å². The second kappa shape index (κ2) is 7.29. The number of nitrogens with zero attached hydrogens (tertiary/aromatic N) is 4. The van der Waals surface area contributed by atoms with Crippen LogP contribution in [0.5, 0.6) is 11.6 Å². The Bertz CT molecular complexity index is 1360. The predicted octanol–water partition coefficient (Wildman–Crippen LogP) is 4.63. The molecule has 1 amide bonds. The molecule has 30 heavy (non-hydrogen) atoms. The first-order valence-electron chi connectivity index (χ1n) is 9.44. The van der Waals surface area contributed by atoms with Gasteiger partial charge in [0.1, 0.15) is 11.6 Å². The van der Waals surface area contributed by atoms with Crippen molar-refractivity contribution in [2.75, 3.05) is 5.32 Å². The van der Waals surface area contributed by atoms with Gasteiger partial charge in [-0.1, -0.05) is 30.3 Å². The molecule has 5 aromatic rings. The molecule has 2 aromatic heterocycles. The van der Waals surface area contributed by atoms with Gasteiger partial charge in [0.25, 0.3) is 11.8 Å². The molecule has 0 bridgehead atoms. The number of carbonyl (C=O) groups excluding carboxylic acids is 1. The maximum absolute atomic E-state index is 12.3. The molecule has 0 aliphatic carbocycles. The van der Waals surface area contributed by atoms with Gasteiger partial charge in [-0.3, -0.25) is 9.20 Å². The SMILES string of the molecule is Cc1nnc2c(Oc3ccc(NC(=O)c4ccccc4)cc3)nc3ccccc3n12. The van der Waals surface area contributed by atoms with Crippen molar-refractivity contribution in [1.82, 2.24) is 19.6 Å². The van der Waals surface area contributed by atoms with Crippen LogP contribution in [0.25, 0.3) is 16.7 Å². The molecule has 3 aromatic carbocycles. The lowest BCUT2D eigenvalue weighted by atomic mass is 10.2. The third kappa shape index (κ3) is 3.22. The van der Waals surface area contributed by atoms with E-state index in [1.54, 1.807) is 36.4 Å². The minimum atomic E-state index is -0.166. The summed E-state index contributed by atoms with van der Waals surface area (Å²) in [6, 6.07) is 23.9. The monoisotopic (exact) mass is 395 g/mol. The van der Waals surface area contributed by atoms with Crippen LogP contribution >= 0.6 is 0 Å². The zero-order valence-corrected chi connectivity index (χ0v) is 16.1. The minimum absolute atomic E-state index is 0.166. The normalized spacial score (nSPS) is 11.0. The number of nitrogens with one attached hydrogen (secondary N) is 1. The number of aromatic nitrogens is 4. The first kappa shape index (κ1) is 17.8. The summed E-state index contributed by atoms with van der Waals surface area (Å²) in [5.41, 5.74) is 3.53. The van der Waals surface area contributed by atoms with E-state index in [2.05, 4.69) is 20.5 Å². The number of fused-ring (bicyclic) bond motifs is 3. The highest BCUT2D eigenvalue weighted by Gasteiger charge is 2.15. The van der Waals surface area contributed by atoms with Gasteiger partial charge in [0.15, 0.2) is 0 Å². The van der Waals surface area contributed by atoms with E-state index in [-0.39, 0.29) is 5.91 Å². The van der Waals surface area contributed by atoms with Crippen molar-refractivity contribution in [3.63, 3.8) is 0 Å². The molecule has 7 nitrogen and oxygen atoms in total. The molecule has 1 N–H and O–H groups in total. The maximum Gasteiger partial charge on any atom is 0.266 e. The van der Waals surface area contributed by atoms with Gasteiger partial charge in [-0.15, -0.1) is 10.2 Å². The maximum atomic E-state index is 12.3. The number of anilines is 1. The number of benzene rings is 3. The number of amides is 1. The highest BCUT2D eigenvalue weighted by Crippen LogP contribution is 2.28. The van der Waals surface area contributed by atoms with Gasteiger partial charge < -0.3 is 10.1 Å². The average molecular weight is 395 g/mol. The molecular formula is C23H17N5O2. The Morgan fingerprint density at radius 3 is 2.43 bits per heavy atom. The van der Waals surface area contributed by atoms with Crippen molar-refractivity contribution in [3.8, 4) is 11.6 Å². The van der Waals surface area contributed by atoms with Gasteiger partial charge in [-0.25, -0.2) is 4.98 Å². The molecule has 0 atom stereocenters. The Balaban J connectivity index is 1.42. The van der Waals surface area contributed by atoms with E-state index in [1.807, 2.05) is 53.8 Å². The second-order valence-electron chi connectivity index (χ2n) is 6.76. The van der Waals surface area contributed by atoms with E-state index in [4.69, 9.17) is 4.74 Å². The lowest BCUT2D eigenvalue weighted by molar-refractivity contribution is 0.102. The molecule has 5 rings (SSSR count). The lowest BCUT2D eigenvalue weighted by Crippen LogP contribution is -2.11. The summed E-state index contributed by atoms with van der Waals surface area (Å²) < 4.78 is 7.93. The van der Waals surface area contributed by atoms with Gasteiger partial charge in [-0.2, -0.15) is 0 Å². The highest BCUT2D eigenvalue weighted by molar-refractivity contribution is 6.04. The molecule has 146 valence electrons. The van der Waals surface area contributed by atoms with E-state index in [1.165, 1.54) is 0 Å². The fraction of sp³-hybridized carbons (Fsp3) is 0.0435. The number of hydrogen-bond acceptors (Lipinski definition) is 5. The van der Waals surface area contributed by atoms with Crippen LogP contribution in [0.3, 0.4) is 0 Å². The van der Waals surface area contributed by atoms with Crippen LogP contribution in [-0.2, 0) is 0 Å². The van der Waals surface area contributed by atoms with Gasteiger partial charge in [0.2, 0.25) is 5.65 Å². The molecule has 0 spiro atoms. The number of ether oxygens (including phenoxy) is 1. The Hall–Kier alpha value is -4.26. The van der Waals surface area contributed by atoms with E-state index in [9.17, 15) is 4.79 Å². The standard InChI is InChI=1S/C23H17N5O2/c1-15-26-27-21-23(25-19-9-5-6-10-20(19)28(15)21)30-18-13-11-17(12-14-18)24-22(29)16-7-3-2-4-8-16/h2-14H,1H3,(H,24,29). The number of aryl methyl sites for hydroxylation is 1. The molecule has 0 radical (unpaired) electrons. The van der Waals surface area contributed by atoms with Crippen molar-refractivity contribution in [2.24, 2.45) is 0 Å². The third-order valence-corrected chi connectivity index (χ3v) is 4.72. The van der Waals surface area contributed by atoms with E-state index >= 15 is 0 Å². The van der Waals surface area contributed by atoms with Crippen LogP contribution in [-0.4, -0.2) is 25.5 Å². The molecule has 0 saturated carbocycles. The second-order valence-corrected chi connectivity index (χ2v) is 6.76. The molecule has 0 aliphatic rings. The Morgan fingerprint density at radius 2 is 1.63 bits per heavy atom. The number of hydrogen-bond donors (Lipinski definition) is 1. The fourth-order valence-electron chi connectivity index (χ4n) is 3.28. The first-order chi connectivity index (χ1) is 14.7. The van der Waals surface area contributed by atoms with Gasteiger partial charge >= 0.3 is 0 Å². The Labute approximate surface area is 172 Å². The van der Waals surface area contributed by atoms with Crippen LogP contribution < -0.4 is 10.1 Å². The zero-order chi connectivity index (χ0) is 20.5. The Morgan fingerprint density at radius 1 is 0.900 bits per heavy atom. The molecular weight excluding hydrogens is 378 g/mol. The number of para-hydroxylation sites is 2. The first-order valence-corrected chi connectivity index (χ1v) is 9.44. The van der Waals surface area contributed by atoms with Crippen molar-refractivity contribution in [3.05, 3.63) is 90.3 Å². The van der Waals surface area contributed by atoms with Gasteiger partial charge in [0, 0.05) is 11.3 Å². The van der Waals surface area contributed by atoms with Crippen LogP contribution in [0.4, 0.5) is 5.69 Å². The fourth-order valence-corrected chi connectivity index (χ4v) is 3.28. The van der Waals surface area contributed by atoms with E-state index < -0.39 is 0 Å². The van der Waals surface area contributed by atoms with Crippen molar-refractivity contribution < 1.29 is 9.53 Å². The summed E-state index contributed by atoms with van der Waals surface area (Å²) in [5.74, 6) is 1.54. The van der Waals surface area contributed by atoms with Gasteiger partial charge in [-0.05, 0) is 55.5 Å². The average Bonchev–Trinajstić information content (AvgIpc) is 3.18. The lowest BCUT2D eigenvalue weighted by Gasteiger charge is -2.10. The van der Waals surface area contributed by atoms with Crippen LogP contribution in [0.1, 0.15) is 16.2 Å². The van der Waals surface area contributed by atoms with Crippen LogP contribution in [0.15, 0.2) is 78.9 Å². The summed E-state index contributed by atoms with van der Waals surface area (Å²) in [6.45, 7) is 1.89. The molecule has 0 saturated heterocycles. The number of carbonyl (C=O) groups is 1. The summed E-state index contributed by atoms with van der Waals surface area (Å²) in [6.07, 6.45) is 0. The summed E-state index contributed by atoms with van der Waals surface area (Å²) in [7, 11) is 0. The molecule has 0 aliphatic heterocycles. The largest absolute Gasteiger partial charge is 0.436 e. The molecule has 0 fully saturated rings.